The van der Waals surface area contributed by atoms with E-state index in [4.69, 9.17) is 11.6 Å². The van der Waals surface area contributed by atoms with E-state index in [-0.39, 0.29) is 16.3 Å². The van der Waals surface area contributed by atoms with Crippen LogP contribution in [0.2, 0.25) is 5.02 Å². The van der Waals surface area contributed by atoms with E-state index in [9.17, 15) is 26.7 Å². The van der Waals surface area contributed by atoms with Gasteiger partial charge in [0.2, 0.25) is 5.82 Å². The molecule has 1 aliphatic rings. The molecule has 0 spiro atoms. The van der Waals surface area contributed by atoms with E-state index in [1.807, 2.05) is 48.5 Å². The maximum Gasteiger partial charge on any atom is 0.280 e. The highest BCUT2D eigenvalue weighted by Gasteiger charge is 2.37. The van der Waals surface area contributed by atoms with Gasteiger partial charge in [-0.15, -0.1) is 11.8 Å². The Bertz CT molecular complexity index is 1660. The second-order valence-corrected chi connectivity index (χ2v) is 9.85. The summed E-state index contributed by atoms with van der Waals surface area (Å²) in [6, 6.07) is 18.7. The molecule has 0 fully saturated rings. The predicted octanol–water partition coefficient (Wildman–Crippen LogP) is 8.29. The molecule has 4 aromatic carbocycles. The number of anilines is 1. The number of carbonyl (C=O) groups excluding carboxylic acids is 1. The quantitative estimate of drug-likeness (QED) is 0.0811. The van der Waals surface area contributed by atoms with Crippen molar-refractivity contribution in [2.24, 2.45) is 5.10 Å². The Morgan fingerprint density at radius 1 is 0.868 bits per heavy atom. The second-order valence-electron chi connectivity index (χ2n) is 8.40. The summed E-state index contributed by atoms with van der Waals surface area (Å²) in [5, 5.41) is 6.36. The number of hydrogen-bond acceptors (Lipinski definition) is 3. The number of nitrogens with zero attached hydrogens (tertiary/aromatic N) is 2. The van der Waals surface area contributed by atoms with Gasteiger partial charge in [-0.1, -0.05) is 54.1 Å². The first-order valence-electron chi connectivity index (χ1n) is 11.2. The molecule has 0 saturated heterocycles. The summed E-state index contributed by atoms with van der Waals surface area (Å²) < 4.78 is 69.7. The second kappa shape index (κ2) is 10.2. The maximum atomic E-state index is 14.4. The third kappa shape index (κ3) is 4.56. The molecule has 1 amide bonds. The average Bonchev–Trinajstić information content (AvgIpc) is 3.18. The van der Waals surface area contributed by atoms with Gasteiger partial charge in [-0.2, -0.15) is 10.1 Å². The van der Waals surface area contributed by atoms with Crippen molar-refractivity contribution in [3.63, 3.8) is 0 Å². The van der Waals surface area contributed by atoms with Crippen LogP contribution in [0.15, 0.2) is 76.2 Å². The monoisotopic (exact) mass is 558 g/mol. The molecule has 192 valence electrons. The van der Waals surface area contributed by atoms with Crippen LogP contribution in [0.5, 0.6) is 0 Å². The molecule has 3 nitrogen and oxygen atoms in total. The number of halogens is 6. The number of amides is 1. The Balaban J connectivity index is 1.51. The Labute approximate surface area is 223 Å². The largest absolute Gasteiger partial charge is 0.280 e. The molecule has 0 N–H and O–H groups in total. The minimum atomic E-state index is -2.31. The van der Waals surface area contributed by atoms with Crippen molar-refractivity contribution in [2.45, 2.75) is 17.6 Å². The van der Waals surface area contributed by atoms with Gasteiger partial charge in [-0.25, -0.2) is 22.0 Å². The van der Waals surface area contributed by atoms with Crippen LogP contribution in [0.3, 0.4) is 0 Å². The average molecular weight is 559 g/mol. The number of thioether (sulfide) groups is 1. The zero-order valence-electron chi connectivity index (χ0n) is 19.5. The summed E-state index contributed by atoms with van der Waals surface area (Å²) >= 11 is 7.69. The molecule has 1 heterocycles. The number of hydrazone groups is 1. The van der Waals surface area contributed by atoms with Crippen LogP contribution in [-0.4, -0.2) is 11.6 Å². The molecular formula is C28H16ClF5N2OS. The van der Waals surface area contributed by atoms with Gasteiger partial charge < -0.3 is 0 Å². The van der Waals surface area contributed by atoms with Crippen molar-refractivity contribution in [3.05, 3.63) is 111 Å². The maximum absolute atomic E-state index is 14.4. The van der Waals surface area contributed by atoms with E-state index >= 15 is 0 Å². The number of fused-ring (bicyclic) bond motifs is 1. The van der Waals surface area contributed by atoms with Gasteiger partial charge in [-0.05, 0) is 53.1 Å². The lowest BCUT2D eigenvalue weighted by molar-refractivity contribution is -0.114. The number of benzene rings is 4. The van der Waals surface area contributed by atoms with Gasteiger partial charge >= 0.3 is 0 Å². The molecule has 4 aromatic rings. The summed E-state index contributed by atoms with van der Waals surface area (Å²) in [4.78, 5) is 14.1. The minimum Gasteiger partial charge on any atom is -0.267 e. The molecular weight excluding hydrogens is 543 g/mol. The van der Waals surface area contributed by atoms with Crippen molar-refractivity contribution in [2.75, 3.05) is 5.01 Å². The summed E-state index contributed by atoms with van der Waals surface area (Å²) in [6.07, 6.45) is 1.49. The zero-order chi connectivity index (χ0) is 27.1. The highest BCUT2D eigenvalue weighted by atomic mass is 35.5. The van der Waals surface area contributed by atoms with Crippen LogP contribution in [0, 0.1) is 29.1 Å². The van der Waals surface area contributed by atoms with Gasteiger partial charge in [0.1, 0.15) is 5.69 Å². The first kappa shape index (κ1) is 25.9. The van der Waals surface area contributed by atoms with E-state index in [0.29, 0.717) is 16.3 Å². The van der Waals surface area contributed by atoms with Gasteiger partial charge in [-0.3, -0.25) is 4.79 Å². The lowest BCUT2D eigenvalue weighted by atomic mass is 10.0. The molecule has 0 aromatic heterocycles. The summed E-state index contributed by atoms with van der Waals surface area (Å²) in [5.74, 6) is -11.3. The van der Waals surface area contributed by atoms with Gasteiger partial charge in [0.25, 0.3) is 5.91 Å². The predicted molar refractivity (Wildman–Crippen MR) is 140 cm³/mol. The SMILES string of the molecule is CC1=NN(c2c(F)c(F)c(F)c(F)c2F)C(=O)/C1=C/c1ccc(SCc2cccc(Cl)c2)c2ccccc12. The van der Waals surface area contributed by atoms with Crippen molar-refractivity contribution < 1.29 is 26.7 Å². The van der Waals surface area contributed by atoms with Crippen LogP contribution in [0.1, 0.15) is 18.1 Å². The fraction of sp³-hybridized carbons (Fsp3) is 0.0714. The molecule has 0 unspecified atom stereocenters. The molecule has 0 radical (unpaired) electrons. The lowest BCUT2D eigenvalue weighted by Gasteiger charge is -2.15. The third-order valence-electron chi connectivity index (χ3n) is 5.96. The van der Waals surface area contributed by atoms with Crippen molar-refractivity contribution in [1.29, 1.82) is 0 Å². The molecule has 0 bridgehead atoms. The molecule has 1 aliphatic heterocycles. The normalized spacial score (nSPS) is 14.6. The van der Waals surface area contributed by atoms with E-state index in [1.54, 1.807) is 23.9 Å². The molecule has 0 atom stereocenters. The first-order chi connectivity index (χ1) is 18.2. The number of hydrogen-bond donors (Lipinski definition) is 0. The van der Waals surface area contributed by atoms with Crippen LogP contribution < -0.4 is 5.01 Å². The van der Waals surface area contributed by atoms with Crippen molar-refractivity contribution in [1.82, 2.24) is 0 Å². The molecule has 10 heteroatoms. The van der Waals surface area contributed by atoms with Gasteiger partial charge in [0.15, 0.2) is 23.3 Å². The fourth-order valence-corrected chi connectivity index (χ4v) is 5.32. The molecule has 38 heavy (non-hydrogen) atoms. The Morgan fingerprint density at radius 2 is 1.53 bits per heavy atom. The van der Waals surface area contributed by atoms with E-state index in [2.05, 4.69) is 5.10 Å². The van der Waals surface area contributed by atoms with E-state index < -0.39 is 40.7 Å². The van der Waals surface area contributed by atoms with Gasteiger partial charge in [0, 0.05) is 15.7 Å². The standard InChI is InChI=1S/C28H16ClF5N2OS/c1-14-20(28(37)36(35-14)27-25(33)23(31)22(30)24(32)26(27)34)12-16-9-10-21(19-8-3-2-7-18(16)19)38-13-15-5-4-6-17(29)11-15/h2-12H,13H2,1H3/b20-12+. The molecule has 5 rings (SSSR count). The fourth-order valence-electron chi connectivity index (χ4n) is 4.10. The Morgan fingerprint density at radius 3 is 2.21 bits per heavy atom. The first-order valence-corrected chi connectivity index (χ1v) is 12.6. The van der Waals surface area contributed by atoms with Crippen LogP contribution in [0.25, 0.3) is 16.8 Å². The van der Waals surface area contributed by atoms with Crippen molar-refractivity contribution in [3.8, 4) is 0 Å². The summed E-state index contributed by atoms with van der Waals surface area (Å²) in [6.45, 7) is 1.41. The minimum absolute atomic E-state index is 0.0431. The van der Waals surface area contributed by atoms with Gasteiger partial charge in [0.05, 0.1) is 11.3 Å². The van der Waals surface area contributed by atoms with Crippen LogP contribution in [0.4, 0.5) is 27.6 Å². The highest BCUT2D eigenvalue weighted by molar-refractivity contribution is 7.98. The number of carbonyl (C=O) groups is 1. The topological polar surface area (TPSA) is 32.7 Å². The highest BCUT2D eigenvalue weighted by Crippen LogP contribution is 2.36. The Kier molecular flexibility index (Phi) is 6.98. The zero-order valence-corrected chi connectivity index (χ0v) is 21.1. The molecule has 0 aliphatic carbocycles. The summed E-state index contributed by atoms with van der Waals surface area (Å²) in [5.41, 5.74) is 0.256. The number of rotatable bonds is 5. The smallest absolute Gasteiger partial charge is 0.267 e. The third-order valence-corrected chi connectivity index (χ3v) is 7.34. The van der Waals surface area contributed by atoms with Crippen LogP contribution in [-0.2, 0) is 10.5 Å². The molecule has 0 saturated carbocycles. The summed E-state index contributed by atoms with van der Waals surface area (Å²) in [7, 11) is 0. The van der Waals surface area contributed by atoms with Crippen LogP contribution >= 0.6 is 23.4 Å². The Hall–Kier alpha value is -3.69. The van der Waals surface area contributed by atoms with E-state index in [0.717, 1.165) is 21.2 Å². The lowest BCUT2D eigenvalue weighted by Crippen LogP contribution is -2.25. The van der Waals surface area contributed by atoms with Crippen molar-refractivity contribution >= 4 is 57.5 Å². The van der Waals surface area contributed by atoms with E-state index in [1.165, 1.54) is 13.0 Å².